The maximum absolute atomic E-state index is 12.6. The number of hydrogen-bond donors (Lipinski definition) is 3. The Kier molecular flexibility index (Phi) is 7.29. The molecule has 3 rings (SSSR count). The van der Waals surface area contributed by atoms with E-state index in [1.165, 1.54) is 4.90 Å². The van der Waals surface area contributed by atoms with Crippen molar-refractivity contribution in [2.24, 2.45) is 0 Å². The number of quaternary nitrogens is 1. The van der Waals surface area contributed by atoms with Gasteiger partial charge in [-0.1, -0.05) is 18.2 Å². The van der Waals surface area contributed by atoms with Crippen LogP contribution in [0.3, 0.4) is 0 Å². The minimum atomic E-state index is -0.496. The van der Waals surface area contributed by atoms with Gasteiger partial charge in [0.05, 0.1) is 58.0 Å². The number of H-pyrrole nitrogens is 1. The number of aromatic nitrogens is 1. The van der Waals surface area contributed by atoms with Crippen molar-refractivity contribution in [3.8, 4) is 0 Å². The highest BCUT2D eigenvalue weighted by Crippen LogP contribution is 2.28. The van der Waals surface area contributed by atoms with Gasteiger partial charge in [0.2, 0.25) is 5.91 Å². The van der Waals surface area contributed by atoms with E-state index < -0.39 is 5.97 Å². The maximum atomic E-state index is 12.6. The Labute approximate surface area is 175 Å². The Balaban J connectivity index is 1.58. The molecule has 0 aliphatic carbocycles. The van der Waals surface area contributed by atoms with Crippen LogP contribution in [0.15, 0.2) is 24.3 Å². The number of aromatic amines is 1. The molecule has 0 bridgehead atoms. The molecule has 3 N–H and O–H groups in total. The second-order valence-electron chi connectivity index (χ2n) is 7.13. The quantitative estimate of drug-likeness (QED) is 0.584. The predicted octanol–water partition coefficient (Wildman–Crippen LogP) is 1.03. The Morgan fingerprint density at radius 3 is 2.50 bits per heavy atom. The molecule has 0 atom stereocenters. The monoisotopic (exact) mass is 417 g/mol. The average Bonchev–Trinajstić information content (AvgIpc) is 3.11. The SMILES string of the molecule is CCOC(=O)c1[nH]c2ccccc2c1NC(=O)CC[NH+]1CCN(C(=O)OCC)CC1. The van der Waals surface area contributed by atoms with Gasteiger partial charge in [0, 0.05) is 10.9 Å². The molecule has 0 saturated carbocycles. The lowest BCUT2D eigenvalue weighted by atomic mass is 10.2. The summed E-state index contributed by atoms with van der Waals surface area (Å²) in [5.41, 5.74) is 1.47. The lowest BCUT2D eigenvalue weighted by Gasteiger charge is -2.31. The van der Waals surface area contributed by atoms with Gasteiger partial charge in [-0.15, -0.1) is 0 Å². The van der Waals surface area contributed by atoms with Crippen molar-refractivity contribution in [1.82, 2.24) is 9.88 Å². The van der Waals surface area contributed by atoms with Gasteiger partial charge in [0.1, 0.15) is 5.69 Å². The molecule has 1 saturated heterocycles. The Bertz CT molecular complexity index is 902. The highest BCUT2D eigenvalue weighted by molar-refractivity contribution is 6.10. The van der Waals surface area contributed by atoms with Crippen molar-refractivity contribution < 1.29 is 28.8 Å². The van der Waals surface area contributed by atoms with Crippen molar-refractivity contribution in [1.29, 1.82) is 0 Å². The number of esters is 1. The van der Waals surface area contributed by atoms with E-state index in [1.54, 1.807) is 18.7 Å². The van der Waals surface area contributed by atoms with Gasteiger partial charge in [0.25, 0.3) is 0 Å². The molecule has 1 aromatic heterocycles. The fourth-order valence-electron chi connectivity index (χ4n) is 3.59. The molecule has 1 aliphatic rings. The zero-order chi connectivity index (χ0) is 21.5. The highest BCUT2D eigenvalue weighted by Gasteiger charge is 2.25. The van der Waals surface area contributed by atoms with E-state index in [4.69, 9.17) is 9.47 Å². The zero-order valence-corrected chi connectivity index (χ0v) is 17.5. The number of carbonyl (C=O) groups excluding carboxylic acids is 3. The number of hydrogen-bond acceptors (Lipinski definition) is 5. The Morgan fingerprint density at radius 1 is 1.10 bits per heavy atom. The lowest BCUT2D eigenvalue weighted by molar-refractivity contribution is -0.903. The summed E-state index contributed by atoms with van der Waals surface area (Å²) in [5, 5.41) is 3.66. The van der Waals surface area contributed by atoms with Crippen LogP contribution < -0.4 is 10.2 Å². The third kappa shape index (κ3) is 5.10. The lowest BCUT2D eigenvalue weighted by Crippen LogP contribution is -3.15. The molecule has 30 heavy (non-hydrogen) atoms. The number of benzene rings is 1. The third-order valence-corrected chi connectivity index (χ3v) is 5.15. The van der Waals surface area contributed by atoms with E-state index in [0.717, 1.165) is 24.0 Å². The first-order chi connectivity index (χ1) is 14.5. The summed E-state index contributed by atoms with van der Waals surface area (Å²) in [5.74, 6) is -0.657. The molecule has 9 nitrogen and oxygen atoms in total. The molecule has 162 valence electrons. The van der Waals surface area contributed by atoms with Crippen LogP contribution in [0.5, 0.6) is 0 Å². The number of nitrogens with one attached hydrogen (secondary N) is 3. The van der Waals surface area contributed by atoms with Gasteiger partial charge >= 0.3 is 12.1 Å². The average molecular weight is 417 g/mol. The number of piperazine rings is 1. The molecule has 0 spiro atoms. The van der Waals surface area contributed by atoms with Crippen LogP contribution in [0.4, 0.5) is 10.5 Å². The minimum Gasteiger partial charge on any atom is -0.461 e. The Hall–Kier alpha value is -3.07. The van der Waals surface area contributed by atoms with E-state index in [2.05, 4.69) is 10.3 Å². The second-order valence-corrected chi connectivity index (χ2v) is 7.13. The standard InChI is InChI=1S/C21H28N4O5/c1-3-29-20(27)19-18(15-7-5-6-8-16(15)22-19)23-17(26)9-10-24-11-13-25(14-12-24)21(28)30-4-2/h5-8,22H,3-4,9-14H2,1-2H3,(H,23,26)/p+1. The number of ether oxygens (including phenoxy) is 2. The van der Waals surface area contributed by atoms with Crippen molar-refractivity contribution in [2.75, 3.05) is 51.3 Å². The first-order valence-corrected chi connectivity index (χ1v) is 10.4. The van der Waals surface area contributed by atoms with Gasteiger partial charge in [0.15, 0.2) is 0 Å². The summed E-state index contributed by atoms with van der Waals surface area (Å²) in [6, 6.07) is 7.41. The summed E-state index contributed by atoms with van der Waals surface area (Å²) in [4.78, 5) is 42.7. The number of fused-ring (bicyclic) bond motifs is 1. The summed E-state index contributed by atoms with van der Waals surface area (Å²) < 4.78 is 10.1. The first kappa shape index (κ1) is 21.6. The number of rotatable bonds is 7. The summed E-state index contributed by atoms with van der Waals surface area (Å²) in [7, 11) is 0. The van der Waals surface area contributed by atoms with Crippen LogP contribution in [0.2, 0.25) is 0 Å². The minimum absolute atomic E-state index is 0.161. The van der Waals surface area contributed by atoms with Crippen LogP contribution in [-0.2, 0) is 14.3 Å². The van der Waals surface area contributed by atoms with E-state index in [1.807, 2.05) is 24.3 Å². The molecular weight excluding hydrogens is 388 g/mol. The van der Waals surface area contributed by atoms with E-state index in [0.29, 0.717) is 38.3 Å². The van der Waals surface area contributed by atoms with Gasteiger partial charge < -0.3 is 24.7 Å². The van der Waals surface area contributed by atoms with Crippen LogP contribution in [0.1, 0.15) is 30.8 Å². The Morgan fingerprint density at radius 2 is 1.80 bits per heavy atom. The molecule has 9 heteroatoms. The molecule has 2 aromatic rings. The van der Waals surface area contributed by atoms with Gasteiger partial charge in [-0.2, -0.15) is 0 Å². The number of carbonyl (C=O) groups is 3. The molecule has 0 unspecified atom stereocenters. The van der Waals surface area contributed by atoms with E-state index >= 15 is 0 Å². The van der Waals surface area contributed by atoms with Crippen LogP contribution in [0, 0.1) is 0 Å². The molecule has 1 aliphatic heterocycles. The highest BCUT2D eigenvalue weighted by atomic mass is 16.6. The molecule has 1 fully saturated rings. The van der Waals surface area contributed by atoms with Crippen LogP contribution in [0.25, 0.3) is 10.9 Å². The smallest absolute Gasteiger partial charge is 0.410 e. The number of para-hydroxylation sites is 1. The summed E-state index contributed by atoms with van der Waals surface area (Å²) in [6.45, 7) is 7.58. The normalized spacial score (nSPS) is 14.5. The van der Waals surface area contributed by atoms with Crippen molar-refractivity contribution in [3.05, 3.63) is 30.0 Å². The van der Waals surface area contributed by atoms with Crippen molar-refractivity contribution in [3.63, 3.8) is 0 Å². The predicted molar refractivity (Wildman–Crippen MR) is 112 cm³/mol. The van der Waals surface area contributed by atoms with Gasteiger partial charge in [-0.05, 0) is 19.9 Å². The molecular formula is C21H29N4O5+. The topological polar surface area (TPSA) is 105 Å². The summed E-state index contributed by atoms with van der Waals surface area (Å²) in [6.07, 6.45) is 0.0383. The van der Waals surface area contributed by atoms with Crippen molar-refractivity contribution >= 4 is 34.6 Å². The first-order valence-electron chi connectivity index (χ1n) is 10.4. The molecule has 2 heterocycles. The molecule has 1 aromatic carbocycles. The zero-order valence-electron chi connectivity index (χ0n) is 17.5. The third-order valence-electron chi connectivity index (χ3n) is 5.15. The second kappa shape index (κ2) is 10.1. The van der Waals surface area contributed by atoms with Crippen LogP contribution in [-0.4, -0.2) is 73.8 Å². The fourth-order valence-corrected chi connectivity index (χ4v) is 3.59. The van der Waals surface area contributed by atoms with Crippen LogP contribution >= 0.6 is 0 Å². The fraction of sp³-hybridized carbons (Fsp3) is 0.476. The molecule has 2 amide bonds. The number of amides is 2. The maximum Gasteiger partial charge on any atom is 0.410 e. The molecule has 0 radical (unpaired) electrons. The van der Waals surface area contributed by atoms with E-state index in [-0.39, 0.29) is 24.3 Å². The van der Waals surface area contributed by atoms with Gasteiger partial charge in [-0.3, -0.25) is 9.69 Å². The largest absolute Gasteiger partial charge is 0.461 e. The van der Waals surface area contributed by atoms with Gasteiger partial charge in [-0.25, -0.2) is 9.59 Å². The summed E-state index contributed by atoms with van der Waals surface area (Å²) >= 11 is 0. The number of nitrogens with zero attached hydrogens (tertiary/aromatic N) is 1. The number of anilines is 1. The van der Waals surface area contributed by atoms with E-state index in [9.17, 15) is 14.4 Å². The van der Waals surface area contributed by atoms with Crippen molar-refractivity contribution in [2.45, 2.75) is 20.3 Å².